The Hall–Kier alpha value is -8.46. The van der Waals surface area contributed by atoms with Crippen molar-refractivity contribution in [2.24, 2.45) is 0 Å². The largest absolute Gasteiger partial charge is 0.508 e. The van der Waals surface area contributed by atoms with E-state index in [1.807, 2.05) is 43.3 Å². The van der Waals surface area contributed by atoms with Gasteiger partial charge in [-0.3, -0.25) is 0 Å². The second-order valence-electron chi connectivity index (χ2n) is 16.8. The molecular weight excluding hydrogens is 889 g/mol. The highest BCUT2D eigenvalue weighted by molar-refractivity contribution is 6.00. The van der Waals surface area contributed by atoms with E-state index in [4.69, 9.17) is 24.2 Å². The molecule has 3 aromatic heterocycles. The van der Waals surface area contributed by atoms with E-state index >= 15 is 17.6 Å². The Bertz CT molecular complexity index is 3550. The third-order valence-corrected chi connectivity index (χ3v) is 12.1. The zero-order chi connectivity index (χ0) is 47.5. The van der Waals surface area contributed by atoms with Crippen molar-refractivity contribution in [3.8, 4) is 67.5 Å². The molecule has 0 spiro atoms. The average molecular weight is 927 g/mol. The van der Waals surface area contributed by atoms with Gasteiger partial charge in [-0.25, -0.2) is 18.7 Å². The van der Waals surface area contributed by atoms with Crippen LogP contribution < -0.4 is 4.74 Å². The van der Waals surface area contributed by atoms with Crippen molar-refractivity contribution < 1.29 is 47.1 Å². The highest BCUT2D eigenvalue weighted by Gasteiger charge is 2.33. The number of aromatic hydroxyl groups is 3. The van der Waals surface area contributed by atoms with Gasteiger partial charge < -0.3 is 39.5 Å². The van der Waals surface area contributed by atoms with Gasteiger partial charge in [0.1, 0.15) is 30.0 Å². The molecule has 2 atom stereocenters. The summed E-state index contributed by atoms with van der Waals surface area (Å²) in [6.45, 7) is 1.44. The van der Waals surface area contributed by atoms with Crippen LogP contribution in [0.15, 0.2) is 121 Å². The summed E-state index contributed by atoms with van der Waals surface area (Å²) in [5, 5.41) is 32.0. The first-order valence-corrected chi connectivity index (χ1v) is 21.8. The van der Waals surface area contributed by atoms with Crippen LogP contribution in [0.3, 0.4) is 0 Å². The van der Waals surface area contributed by atoms with Crippen LogP contribution in [0.5, 0.6) is 23.0 Å². The van der Waals surface area contributed by atoms with Gasteiger partial charge in [0.2, 0.25) is 11.6 Å². The normalized spacial score (nSPS) is 15.3. The molecule has 11 rings (SSSR count). The number of nitrogens with one attached hydrogen (secondary N) is 2. The molecule has 3 aliphatic heterocycles. The number of aromatic amines is 2. The average Bonchev–Trinajstić information content (AvgIpc) is 4.21. The van der Waals surface area contributed by atoms with Crippen LogP contribution in [0, 0.1) is 30.2 Å². The van der Waals surface area contributed by atoms with Gasteiger partial charge in [0, 0.05) is 49.9 Å². The fraction of sp³-hybridized carbons (Fsp3) is 0.0909. The fourth-order valence-corrected chi connectivity index (χ4v) is 8.93. The summed E-state index contributed by atoms with van der Waals surface area (Å²) in [7, 11) is 0. The fourth-order valence-electron chi connectivity index (χ4n) is 8.93. The zero-order valence-electron chi connectivity index (χ0n) is 36.4. The van der Waals surface area contributed by atoms with Gasteiger partial charge in [0.25, 0.3) is 0 Å². The highest BCUT2D eigenvalue weighted by atomic mass is 19.2. The molecule has 0 radical (unpaired) electrons. The molecule has 0 saturated carbocycles. The monoisotopic (exact) mass is 926 g/mol. The summed E-state index contributed by atoms with van der Waals surface area (Å²) in [6, 6.07) is 33.8. The zero-order valence-corrected chi connectivity index (χ0v) is 36.4. The lowest BCUT2D eigenvalue weighted by atomic mass is 10.0. The van der Waals surface area contributed by atoms with E-state index < -0.39 is 53.6 Å². The Labute approximate surface area is 390 Å². The van der Waals surface area contributed by atoms with Crippen LogP contribution in [-0.2, 0) is 9.47 Å². The first-order chi connectivity index (χ1) is 33.5. The maximum absolute atomic E-state index is 16.9. The quantitative estimate of drug-likeness (QED) is 0.0748. The SMILES string of the molecule is Cc1ccc(C2OCC(COc3c(F)c(F)c(-c4c5nc(c(-c6cccc(O)c6)c6ccc([nH]6)c(-c6cccc(O)c6)c6nc(c(-c7cccc(O)c7)c7ccc4[nH]7)C=C6)C=C5)c(F)c3F)O2)cc1. The summed E-state index contributed by atoms with van der Waals surface area (Å²) < 4.78 is 83.7. The molecular formula is C55H38F4N4O6. The Morgan fingerprint density at radius 1 is 0.536 bits per heavy atom. The Morgan fingerprint density at radius 3 is 1.39 bits per heavy atom. The van der Waals surface area contributed by atoms with E-state index in [2.05, 4.69) is 9.97 Å². The van der Waals surface area contributed by atoms with E-state index in [-0.39, 0.29) is 46.3 Å². The number of aromatic nitrogens is 4. The van der Waals surface area contributed by atoms with E-state index in [0.717, 1.165) is 5.56 Å². The number of H-pyrrole nitrogens is 2. The van der Waals surface area contributed by atoms with Crippen molar-refractivity contribution in [3.05, 3.63) is 178 Å². The number of hydrogen-bond acceptors (Lipinski definition) is 8. The van der Waals surface area contributed by atoms with E-state index in [1.54, 1.807) is 72.8 Å². The summed E-state index contributed by atoms with van der Waals surface area (Å²) in [5.41, 5.74) is 6.11. The molecule has 0 aliphatic carbocycles. The molecule has 10 nitrogen and oxygen atoms in total. The first kappa shape index (κ1) is 43.1. The number of hydrogen-bond donors (Lipinski definition) is 5. The molecule has 8 bridgehead atoms. The number of aryl methyl sites for hydroxylation is 1. The molecule has 6 heterocycles. The maximum atomic E-state index is 16.9. The highest BCUT2D eigenvalue weighted by Crippen LogP contribution is 2.43. The van der Waals surface area contributed by atoms with Gasteiger partial charge in [-0.2, -0.15) is 8.78 Å². The van der Waals surface area contributed by atoms with Gasteiger partial charge in [-0.15, -0.1) is 0 Å². The molecule has 1 saturated heterocycles. The smallest absolute Gasteiger partial charge is 0.204 e. The first-order valence-electron chi connectivity index (χ1n) is 21.8. The van der Waals surface area contributed by atoms with Gasteiger partial charge in [0.05, 0.1) is 34.9 Å². The molecule has 2 unspecified atom stereocenters. The number of fused-ring (bicyclic) bond motifs is 8. The van der Waals surface area contributed by atoms with Gasteiger partial charge in [-0.05, 0) is 109 Å². The third kappa shape index (κ3) is 7.94. The Morgan fingerprint density at radius 2 is 0.957 bits per heavy atom. The van der Waals surface area contributed by atoms with Crippen LogP contribution in [0.2, 0.25) is 0 Å². The van der Waals surface area contributed by atoms with E-state index in [1.165, 1.54) is 36.4 Å². The molecule has 8 aromatic rings. The minimum atomic E-state index is -1.78. The van der Waals surface area contributed by atoms with Crippen molar-refractivity contribution in [2.75, 3.05) is 13.2 Å². The number of benzene rings is 5. The van der Waals surface area contributed by atoms with E-state index in [9.17, 15) is 15.3 Å². The molecule has 0 amide bonds. The van der Waals surface area contributed by atoms with Crippen LogP contribution in [0.4, 0.5) is 17.6 Å². The molecule has 5 aromatic carbocycles. The van der Waals surface area contributed by atoms with Crippen molar-refractivity contribution >= 4 is 46.4 Å². The number of ether oxygens (including phenoxy) is 3. The summed E-state index contributed by atoms with van der Waals surface area (Å²) in [4.78, 5) is 16.7. The predicted octanol–water partition coefficient (Wildman–Crippen LogP) is 12.8. The second kappa shape index (κ2) is 17.3. The predicted molar refractivity (Wildman–Crippen MR) is 256 cm³/mol. The number of phenols is 3. The second-order valence-corrected chi connectivity index (χ2v) is 16.8. The van der Waals surface area contributed by atoms with Crippen LogP contribution in [0.25, 0.3) is 90.9 Å². The van der Waals surface area contributed by atoms with Crippen molar-refractivity contribution in [2.45, 2.75) is 19.3 Å². The standard InChI is InChI=1S/C55H38F4N4O6/c1-28-11-13-29(14-12-28)55-68-27-36(69-55)26-67-54-52(58)50(56)49(51(57)53(54)59)48-43-21-19-41(62-43)46(31-6-3-9-34(65)24-31)39-17-15-37(60-39)45(30-5-2-8-33(64)23-30)38-16-18-40(61-38)47(42-20-22-44(48)63-42)32-7-4-10-35(66)25-32/h2-25,36,55,60,63-66H,26-27H2,1H3. The molecule has 69 heavy (non-hydrogen) atoms. The van der Waals surface area contributed by atoms with E-state index in [0.29, 0.717) is 66.9 Å². The summed E-state index contributed by atoms with van der Waals surface area (Å²) in [6.07, 6.45) is 5.06. The van der Waals surface area contributed by atoms with Crippen molar-refractivity contribution in [1.29, 1.82) is 0 Å². The lowest BCUT2D eigenvalue weighted by Crippen LogP contribution is -2.21. The molecule has 3 aliphatic rings. The van der Waals surface area contributed by atoms with Gasteiger partial charge in [0.15, 0.2) is 23.7 Å². The molecule has 14 heteroatoms. The number of rotatable bonds is 8. The number of nitrogens with zero attached hydrogens (tertiary/aromatic N) is 2. The maximum Gasteiger partial charge on any atom is 0.204 e. The summed E-state index contributed by atoms with van der Waals surface area (Å²) in [5.74, 6) is -8.37. The molecule has 342 valence electrons. The van der Waals surface area contributed by atoms with Gasteiger partial charge in [-0.1, -0.05) is 66.2 Å². The lowest BCUT2D eigenvalue weighted by molar-refractivity contribution is -0.0662. The topological polar surface area (TPSA) is 146 Å². The Balaban J connectivity index is 1.16. The minimum Gasteiger partial charge on any atom is -0.508 e. The molecule has 1 fully saturated rings. The number of phenolic OH excluding ortho intramolecular Hbond substituents is 3. The van der Waals surface area contributed by atoms with Crippen LogP contribution in [0.1, 0.15) is 40.2 Å². The lowest BCUT2D eigenvalue weighted by Gasteiger charge is -2.16. The minimum absolute atomic E-state index is 0.00549. The number of halogens is 4. The molecule has 5 N–H and O–H groups in total. The third-order valence-electron chi connectivity index (χ3n) is 12.1. The summed E-state index contributed by atoms with van der Waals surface area (Å²) >= 11 is 0. The Kier molecular flexibility index (Phi) is 10.8. The van der Waals surface area contributed by atoms with Crippen molar-refractivity contribution in [1.82, 2.24) is 19.9 Å². The van der Waals surface area contributed by atoms with Crippen LogP contribution >= 0.6 is 0 Å². The van der Waals surface area contributed by atoms with Gasteiger partial charge >= 0.3 is 0 Å². The van der Waals surface area contributed by atoms with Crippen LogP contribution in [-0.4, -0.2) is 54.6 Å². The van der Waals surface area contributed by atoms with Crippen molar-refractivity contribution in [3.63, 3.8) is 0 Å².